The van der Waals surface area contributed by atoms with E-state index in [1.54, 1.807) is 25.3 Å². The van der Waals surface area contributed by atoms with E-state index in [0.29, 0.717) is 27.6 Å². The summed E-state index contributed by atoms with van der Waals surface area (Å²) in [5.74, 6) is 1.04. The van der Waals surface area contributed by atoms with Gasteiger partial charge in [0.05, 0.1) is 25.3 Å². The van der Waals surface area contributed by atoms with Gasteiger partial charge in [0, 0.05) is 21.2 Å². The van der Waals surface area contributed by atoms with Gasteiger partial charge in [-0.1, -0.05) is 39.7 Å². The van der Waals surface area contributed by atoms with Crippen LogP contribution in [-0.2, 0) is 19.8 Å². The number of benzene rings is 2. The third kappa shape index (κ3) is 3.73. The van der Waals surface area contributed by atoms with E-state index in [1.165, 1.54) is 0 Å². The molecule has 0 saturated carbocycles. The molecule has 0 aliphatic heterocycles. The van der Waals surface area contributed by atoms with Crippen molar-refractivity contribution in [3.05, 3.63) is 56.5 Å². The number of halogens is 2. The second-order valence-corrected chi connectivity index (χ2v) is 5.89. The van der Waals surface area contributed by atoms with Crippen molar-refractivity contribution in [3.63, 3.8) is 0 Å². The SMILES string of the molecule is COc1cccc(COc2c(CO)cc(Br)cc2CO)c1Cl. The number of ether oxygens (including phenoxy) is 2. The van der Waals surface area contributed by atoms with Gasteiger partial charge in [-0.15, -0.1) is 0 Å². The predicted molar refractivity (Wildman–Crippen MR) is 88.3 cm³/mol. The lowest BCUT2D eigenvalue weighted by atomic mass is 10.1. The Morgan fingerprint density at radius 1 is 1.09 bits per heavy atom. The maximum absolute atomic E-state index is 9.47. The van der Waals surface area contributed by atoms with E-state index in [-0.39, 0.29) is 19.8 Å². The van der Waals surface area contributed by atoms with E-state index >= 15 is 0 Å². The summed E-state index contributed by atoms with van der Waals surface area (Å²) in [7, 11) is 1.55. The molecular weight excluding hydrogens is 372 g/mol. The van der Waals surface area contributed by atoms with Gasteiger partial charge >= 0.3 is 0 Å². The molecule has 0 unspecified atom stereocenters. The van der Waals surface area contributed by atoms with Crippen molar-refractivity contribution in [2.45, 2.75) is 19.8 Å². The minimum Gasteiger partial charge on any atom is -0.495 e. The first-order chi connectivity index (χ1) is 10.6. The number of hydrogen-bond donors (Lipinski definition) is 2. The summed E-state index contributed by atoms with van der Waals surface area (Å²) < 4.78 is 11.7. The Morgan fingerprint density at radius 2 is 1.73 bits per heavy atom. The second kappa shape index (κ2) is 7.83. The van der Waals surface area contributed by atoms with Crippen LogP contribution < -0.4 is 9.47 Å². The molecule has 0 aromatic heterocycles. The topological polar surface area (TPSA) is 58.9 Å². The second-order valence-electron chi connectivity index (χ2n) is 4.59. The first-order valence-electron chi connectivity index (χ1n) is 6.57. The molecular formula is C16H16BrClO4. The lowest BCUT2D eigenvalue weighted by molar-refractivity contribution is 0.242. The summed E-state index contributed by atoms with van der Waals surface area (Å²) in [5, 5.41) is 19.4. The molecule has 22 heavy (non-hydrogen) atoms. The molecule has 0 atom stereocenters. The molecule has 0 bridgehead atoms. The van der Waals surface area contributed by atoms with Crippen LogP contribution in [0.1, 0.15) is 16.7 Å². The van der Waals surface area contributed by atoms with Crippen LogP contribution in [0.3, 0.4) is 0 Å². The van der Waals surface area contributed by atoms with Crippen molar-refractivity contribution in [3.8, 4) is 11.5 Å². The van der Waals surface area contributed by atoms with Gasteiger partial charge in [-0.25, -0.2) is 0 Å². The number of methoxy groups -OCH3 is 1. The molecule has 2 N–H and O–H groups in total. The molecule has 2 rings (SSSR count). The van der Waals surface area contributed by atoms with E-state index in [0.717, 1.165) is 10.0 Å². The average molecular weight is 388 g/mol. The molecule has 0 fully saturated rings. The molecule has 0 aliphatic rings. The van der Waals surface area contributed by atoms with Crippen molar-refractivity contribution in [1.82, 2.24) is 0 Å². The van der Waals surface area contributed by atoms with Gasteiger partial charge in [0.2, 0.25) is 0 Å². The van der Waals surface area contributed by atoms with Gasteiger partial charge < -0.3 is 19.7 Å². The number of aliphatic hydroxyl groups is 2. The highest BCUT2D eigenvalue weighted by molar-refractivity contribution is 9.10. The fourth-order valence-corrected chi connectivity index (χ4v) is 2.92. The molecule has 2 aromatic rings. The zero-order valence-electron chi connectivity index (χ0n) is 12.0. The lowest BCUT2D eigenvalue weighted by Crippen LogP contribution is -2.04. The van der Waals surface area contributed by atoms with E-state index in [4.69, 9.17) is 21.1 Å². The Morgan fingerprint density at radius 3 is 2.27 bits per heavy atom. The van der Waals surface area contributed by atoms with Crippen molar-refractivity contribution in [1.29, 1.82) is 0 Å². The molecule has 0 radical (unpaired) electrons. The van der Waals surface area contributed by atoms with Crippen LogP contribution in [0, 0.1) is 0 Å². The van der Waals surface area contributed by atoms with Gasteiger partial charge in [0.25, 0.3) is 0 Å². The van der Waals surface area contributed by atoms with Crippen LogP contribution in [0.25, 0.3) is 0 Å². The Labute approximate surface area is 142 Å². The molecule has 4 nitrogen and oxygen atoms in total. The van der Waals surface area contributed by atoms with Crippen LogP contribution in [0.15, 0.2) is 34.8 Å². The molecule has 0 saturated heterocycles. The Hall–Kier alpha value is -1.27. The Kier molecular flexibility index (Phi) is 6.08. The molecule has 6 heteroatoms. The first kappa shape index (κ1) is 17.1. The molecule has 2 aromatic carbocycles. The molecule has 0 amide bonds. The largest absolute Gasteiger partial charge is 0.495 e. The minimum absolute atomic E-state index is 0.187. The van der Waals surface area contributed by atoms with Crippen molar-refractivity contribution in [2.24, 2.45) is 0 Å². The molecule has 118 valence electrons. The third-order valence-electron chi connectivity index (χ3n) is 3.18. The summed E-state index contributed by atoms with van der Waals surface area (Å²) in [6.07, 6.45) is 0. The van der Waals surface area contributed by atoms with Crippen LogP contribution in [0.4, 0.5) is 0 Å². The maximum Gasteiger partial charge on any atom is 0.137 e. The monoisotopic (exact) mass is 386 g/mol. The van der Waals surface area contributed by atoms with Crippen LogP contribution in [0.5, 0.6) is 11.5 Å². The molecule has 0 aliphatic carbocycles. The van der Waals surface area contributed by atoms with E-state index in [1.807, 2.05) is 12.1 Å². The minimum atomic E-state index is -0.187. The van der Waals surface area contributed by atoms with Crippen LogP contribution in [0.2, 0.25) is 5.02 Å². The van der Waals surface area contributed by atoms with Crippen LogP contribution >= 0.6 is 27.5 Å². The fourth-order valence-electron chi connectivity index (χ4n) is 2.11. The first-order valence-corrected chi connectivity index (χ1v) is 7.75. The summed E-state index contributed by atoms with van der Waals surface area (Å²) in [5.41, 5.74) is 1.95. The third-order valence-corrected chi connectivity index (χ3v) is 4.07. The summed E-state index contributed by atoms with van der Waals surface area (Å²) in [6, 6.07) is 8.93. The quantitative estimate of drug-likeness (QED) is 0.794. The number of aliphatic hydroxyl groups excluding tert-OH is 2. The van der Waals surface area contributed by atoms with Crippen LogP contribution in [-0.4, -0.2) is 17.3 Å². The normalized spacial score (nSPS) is 10.6. The van der Waals surface area contributed by atoms with Gasteiger partial charge in [0.1, 0.15) is 18.1 Å². The van der Waals surface area contributed by atoms with Gasteiger partial charge in [-0.2, -0.15) is 0 Å². The highest BCUT2D eigenvalue weighted by Gasteiger charge is 2.13. The zero-order valence-corrected chi connectivity index (χ0v) is 14.3. The summed E-state index contributed by atoms with van der Waals surface area (Å²) >= 11 is 9.58. The lowest BCUT2D eigenvalue weighted by Gasteiger charge is -2.16. The van der Waals surface area contributed by atoms with Gasteiger partial charge in [-0.05, 0) is 18.2 Å². The molecule has 0 spiro atoms. The van der Waals surface area contributed by atoms with Crippen molar-refractivity contribution >= 4 is 27.5 Å². The van der Waals surface area contributed by atoms with Crippen molar-refractivity contribution in [2.75, 3.05) is 7.11 Å². The van der Waals surface area contributed by atoms with Gasteiger partial charge in [-0.3, -0.25) is 0 Å². The Bertz CT molecular complexity index is 636. The smallest absolute Gasteiger partial charge is 0.137 e. The highest BCUT2D eigenvalue weighted by atomic mass is 79.9. The highest BCUT2D eigenvalue weighted by Crippen LogP contribution is 2.32. The van der Waals surface area contributed by atoms with E-state index in [2.05, 4.69) is 15.9 Å². The van der Waals surface area contributed by atoms with Gasteiger partial charge in [0.15, 0.2) is 0 Å². The average Bonchev–Trinajstić information content (AvgIpc) is 2.53. The predicted octanol–water partition coefficient (Wildman–Crippen LogP) is 3.67. The Balaban J connectivity index is 2.28. The van der Waals surface area contributed by atoms with E-state index in [9.17, 15) is 10.2 Å². The van der Waals surface area contributed by atoms with E-state index < -0.39 is 0 Å². The summed E-state index contributed by atoms with van der Waals surface area (Å²) in [4.78, 5) is 0. The fraction of sp³-hybridized carbons (Fsp3) is 0.250. The number of hydrogen-bond acceptors (Lipinski definition) is 4. The standard InChI is InChI=1S/C16H16BrClO4/c1-21-14-4-2-3-10(15(14)18)9-22-16-11(7-19)5-13(17)6-12(16)8-20/h2-6,19-20H,7-9H2,1H3. The maximum atomic E-state index is 9.47. The molecule has 0 heterocycles. The summed E-state index contributed by atoms with van der Waals surface area (Å²) in [6.45, 7) is -0.168. The zero-order chi connectivity index (χ0) is 16.1. The van der Waals surface area contributed by atoms with Crippen molar-refractivity contribution < 1.29 is 19.7 Å². The number of rotatable bonds is 6.